The molecule has 0 saturated carbocycles. The van der Waals surface area contributed by atoms with Crippen LogP contribution in [0.3, 0.4) is 0 Å². The van der Waals surface area contributed by atoms with Crippen molar-refractivity contribution in [1.29, 1.82) is 0 Å². The van der Waals surface area contributed by atoms with Crippen LogP contribution in [0.1, 0.15) is 0 Å². The van der Waals surface area contributed by atoms with Gasteiger partial charge in [0.15, 0.2) is 52.3 Å². The third-order valence-corrected chi connectivity index (χ3v) is 6.10. The number of rotatable bonds is 3. The molecule has 0 bridgehead atoms. The van der Waals surface area contributed by atoms with E-state index in [9.17, 15) is 35.1 Å². The number of benzene rings is 5. The summed E-state index contributed by atoms with van der Waals surface area (Å²) >= 11 is 0. The van der Waals surface area contributed by atoms with E-state index in [-0.39, 0.29) is 16.8 Å². The van der Waals surface area contributed by atoms with Gasteiger partial charge in [-0.3, -0.25) is 0 Å². The Kier molecular flexibility index (Phi) is 5.96. The van der Waals surface area contributed by atoms with Crippen molar-refractivity contribution in [3.8, 4) is 28.0 Å². The van der Waals surface area contributed by atoms with E-state index >= 15 is 8.78 Å². The van der Waals surface area contributed by atoms with Crippen LogP contribution < -0.4 is 4.74 Å². The lowest BCUT2D eigenvalue weighted by Crippen LogP contribution is -2.06. The van der Waals surface area contributed by atoms with E-state index < -0.39 is 96.9 Å². The van der Waals surface area contributed by atoms with Gasteiger partial charge in [-0.05, 0) is 33.7 Å². The highest BCUT2D eigenvalue weighted by Gasteiger charge is 2.32. The average molecular weight is 540 g/mol. The van der Waals surface area contributed by atoms with Crippen LogP contribution in [0.25, 0.3) is 43.8 Å². The molecular formula is C27H10F10O. The molecule has 5 rings (SSSR count). The minimum Gasteiger partial charge on any atom is -0.491 e. The molecule has 0 aliphatic carbocycles. The molecule has 0 fully saturated rings. The van der Waals surface area contributed by atoms with E-state index in [0.29, 0.717) is 12.1 Å². The molecule has 0 unspecified atom stereocenters. The third kappa shape index (κ3) is 3.48. The summed E-state index contributed by atoms with van der Waals surface area (Å²) in [6, 6.07) is 5.40. The highest BCUT2D eigenvalue weighted by Crippen LogP contribution is 2.48. The van der Waals surface area contributed by atoms with Crippen molar-refractivity contribution in [2.24, 2.45) is 0 Å². The van der Waals surface area contributed by atoms with Crippen molar-refractivity contribution in [3.05, 3.63) is 101 Å². The summed E-state index contributed by atoms with van der Waals surface area (Å²) in [7, 11) is 0.749. The van der Waals surface area contributed by atoms with Crippen molar-refractivity contribution in [1.82, 2.24) is 0 Å². The van der Waals surface area contributed by atoms with E-state index in [1.54, 1.807) is 0 Å². The van der Waals surface area contributed by atoms with Crippen LogP contribution in [0.4, 0.5) is 43.9 Å². The Balaban J connectivity index is 2.11. The summed E-state index contributed by atoms with van der Waals surface area (Å²) in [5.41, 5.74) is -4.13. The van der Waals surface area contributed by atoms with Crippen molar-refractivity contribution in [2.45, 2.75) is 0 Å². The zero-order valence-corrected chi connectivity index (χ0v) is 18.7. The van der Waals surface area contributed by atoms with E-state index in [1.165, 1.54) is 12.1 Å². The average Bonchev–Trinajstić information content (AvgIpc) is 2.89. The Hall–Kier alpha value is -4.28. The van der Waals surface area contributed by atoms with Gasteiger partial charge in [-0.25, -0.2) is 35.1 Å². The Labute approximate surface area is 206 Å². The Morgan fingerprint density at radius 2 is 0.816 bits per heavy atom. The molecule has 11 heteroatoms. The van der Waals surface area contributed by atoms with Gasteiger partial charge in [0.25, 0.3) is 0 Å². The third-order valence-electron chi connectivity index (χ3n) is 6.10. The fourth-order valence-corrected chi connectivity index (χ4v) is 4.51. The van der Waals surface area contributed by atoms with Crippen molar-refractivity contribution < 1.29 is 48.6 Å². The maximum Gasteiger partial charge on any atom is 0.204 e. The lowest BCUT2D eigenvalue weighted by atomic mass is 9.85. The van der Waals surface area contributed by atoms with Gasteiger partial charge in [0.2, 0.25) is 11.6 Å². The molecule has 0 N–H and O–H groups in total. The van der Waals surface area contributed by atoms with Crippen molar-refractivity contribution in [3.63, 3.8) is 0 Å². The minimum absolute atomic E-state index is 0.0686. The molecule has 194 valence electrons. The van der Waals surface area contributed by atoms with E-state index in [2.05, 4.69) is 4.74 Å². The largest absolute Gasteiger partial charge is 0.491 e. The van der Waals surface area contributed by atoms with Gasteiger partial charge in [0, 0.05) is 17.2 Å². The number of halogens is 10. The van der Waals surface area contributed by atoms with Gasteiger partial charge in [-0.1, -0.05) is 24.3 Å². The Bertz CT molecular complexity index is 1760. The van der Waals surface area contributed by atoms with Crippen LogP contribution >= 0.6 is 0 Å². The number of ether oxygens (including phenoxy) is 1. The fraction of sp³-hybridized carbons (Fsp3) is 0.0370. The molecule has 0 amide bonds. The zero-order valence-electron chi connectivity index (χ0n) is 18.7. The number of hydrogen-bond donors (Lipinski definition) is 0. The summed E-state index contributed by atoms with van der Waals surface area (Å²) in [5, 5.41) is -2.08. The first-order valence-electron chi connectivity index (χ1n) is 10.6. The first-order valence-corrected chi connectivity index (χ1v) is 10.6. The fourth-order valence-electron chi connectivity index (χ4n) is 4.51. The van der Waals surface area contributed by atoms with Crippen LogP contribution in [0, 0.1) is 58.2 Å². The highest BCUT2D eigenvalue weighted by molar-refractivity contribution is 6.21. The van der Waals surface area contributed by atoms with Crippen molar-refractivity contribution in [2.75, 3.05) is 7.11 Å². The molecule has 38 heavy (non-hydrogen) atoms. The molecule has 0 saturated heterocycles. The minimum atomic E-state index is -1.97. The van der Waals surface area contributed by atoms with Crippen LogP contribution in [-0.2, 0) is 0 Å². The molecule has 0 aliphatic heterocycles. The van der Waals surface area contributed by atoms with Gasteiger partial charge in [-0.15, -0.1) is 0 Å². The summed E-state index contributed by atoms with van der Waals surface area (Å²) in [6.07, 6.45) is 0. The first kappa shape index (κ1) is 25.4. The monoisotopic (exact) mass is 540 g/mol. The molecular weight excluding hydrogens is 530 g/mol. The van der Waals surface area contributed by atoms with Crippen LogP contribution in [-0.4, -0.2) is 7.11 Å². The van der Waals surface area contributed by atoms with Gasteiger partial charge < -0.3 is 4.74 Å². The van der Waals surface area contributed by atoms with Gasteiger partial charge in [0.1, 0.15) is 0 Å². The Morgan fingerprint density at radius 1 is 0.421 bits per heavy atom. The van der Waals surface area contributed by atoms with Crippen LogP contribution in [0.15, 0.2) is 42.5 Å². The van der Waals surface area contributed by atoms with Gasteiger partial charge >= 0.3 is 0 Å². The smallest absolute Gasteiger partial charge is 0.204 e. The van der Waals surface area contributed by atoms with Crippen molar-refractivity contribution >= 4 is 21.5 Å². The quantitative estimate of drug-likeness (QED) is 0.126. The van der Waals surface area contributed by atoms with E-state index in [1.807, 2.05) is 0 Å². The molecule has 0 aliphatic rings. The molecule has 0 spiro atoms. The molecule has 0 heterocycles. The van der Waals surface area contributed by atoms with E-state index in [4.69, 9.17) is 0 Å². The highest BCUT2D eigenvalue weighted by atomic mass is 19.2. The lowest BCUT2D eigenvalue weighted by Gasteiger charge is -2.20. The predicted molar refractivity (Wildman–Crippen MR) is 118 cm³/mol. The molecule has 5 aromatic rings. The van der Waals surface area contributed by atoms with Crippen LogP contribution in [0.2, 0.25) is 0 Å². The molecule has 0 radical (unpaired) electrons. The maximum absolute atomic E-state index is 15.2. The second-order valence-electron chi connectivity index (χ2n) is 8.11. The maximum atomic E-state index is 15.2. The number of methoxy groups -OCH3 is 1. The van der Waals surface area contributed by atoms with Gasteiger partial charge in [0.05, 0.1) is 18.2 Å². The normalized spacial score (nSPS) is 11.6. The number of hydrogen-bond acceptors (Lipinski definition) is 1. The van der Waals surface area contributed by atoms with Crippen LogP contribution in [0.5, 0.6) is 5.75 Å². The second-order valence-corrected chi connectivity index (χ2v) is 8.11. The standard InChI is InChI=1S/C27H10F10O/c1-38-27-25(36)23(34)20(24(35)26(27)37)18-10-5-3-2-4-9(10)17(11-6-13(28)14(29)7-12(11)18)19-21(32)15(30)8-16(31)22(19)33/h2-8H,1H3. The molecule has 0 atom stereocenters. The summed E-state index contributed by atoms with van der Waals surface area (Å²) < 4.78 is 151. The second kappa shape index (κ2) is 8.93. The molecule has 1 nitrogen and oxygen atoms in total. The summed E-state index contributed by atoms with van der Waals surface area (Å²) in [6.45, 7) is 0. The first-order chi connectivity index (χ1) is 18.0. The van der Waals surface area contributed by atoms with E-state index in [0.717, 1.165) is 19.2 Å². The summed E-state index contributed by atoms with van der Waals surface area (Å²) in [4.78, 5) is 0. The topological polar surface area (TPSA) is 9.23 Å². The zero-order chi connectivity index (χ0) is 27.6. The lowest BCUT2D eigenvalue weighted by molar-refractivity contribution is 0.334. The van der Waals surface area contributed by atoms with Gasteiger partial charge in [-0.2, -0.15) is 8.78 Å². The number of fused-ring (bicyclic) bond motifs is 2. The Morgan fingerprint density at radius 3 is 1.21 bits per heavy atom. The molecule has 5 aromatic carbocycles. The predicted octanol–water partition coefficient (Wildman–Crippen LogP) is 8.73. The molecule has 0 aromatic heterocycles. The SMILES string of the molecule is COc1c(F)c(F)c(-c2c3ccccc3c(-c3c(F)c(F)cc(F)c3F)c3cc(F)c(F)cc23)c(F)c1F. The summed E-state index contributed by atoms with van der Waals surface area (Å²) in [5.74, 6) is -19.9.